The number of aryl methyl sites for hydroxylation is 2. The molecule has 0 aliphatic carbocycles. The van der Waals surface area contributed by atoms with Crippen LogP contribution >= 0.6 is 23.2 Å². The normalized spacial score (nSPS) is 11.0. The molecular formula is C19H20Cl2N6O3. The van der Waals surface area contributed by atoms with Crippen molar-refractivity contribution in [3.05, 3.63) is 66.7 Å². The molecule has 9 nitrogen and oxygen atoms in total. The first-order chi connectivity index (χ1) is 14.1. The number of nitro groups is 1. The molecule has 0 unspecified atom stereocenters. The van der Waals surface area contributed by atoms with Gasteiger partial charge < -0.3 is 5.32 Å². The summed E-state index contributed by atoms with van der Waals surface area (Å²) in [6.45, 7) is 6.91. The molecule has 0 radical (unpaired) electrons. The molecule has 0 saturated heterocycles. The van der Waals surface area contributed by atoms with Gasteiger partial charge in [0.15, 0.2) is 0 Å². The van der Waals surface area contributed by atoms with E-state index in [0.29, 0.717) is 33.7 Å². The zero-order valence-electron chi connectivity index (χ0n) is 16.9. The van der Waals surface area contributed by atoms with Crippen molar-refractivity contribution in [2.75, 3.05) is 5.32 Å². The Morgan fingerprint density at radius 1 is 1.07 bits per heavy atom. The van der Waals surface area contributed by atoms with Crippen LogP contribution in [0.5, 0.6) is 0 Å². The lowest BCUT2D eigenvalue weighted by Gasteiger charge is -2.10. The Morgan fingerprint density at radius 2 is 1.67 bits per heavy atom. The van der Waals surface area contributed by atoms with E-state index in [-0.39, 0.29) is 23.8 Å². The molecule has 1 amide bonds. The molecule has 1 N–H and O–H groups in total. The number of aromatic nitrogens is 4. The number of rotatable bonds is 6. The van der Waals surface area contributed by atoms with Gasteiger partial charge in [-0.2, -0.15) is 10.2 Å². The second-order valence-corrected chi connectivity index (χ2v) is 7.70. The number of anilines is 1. The smallest absolute Gasteiger partial charge is 0.312 e. The molecule has 30 heavy (non-hydrogen) atoms. The van der Waals surface area contributed by atoms with Gasteiger partial charge in [-0.25, -0.2) is 0 Å². The Balaban J connectivity index is 1.80. The first-order valence-corrected chi connectivity index (χ1v) is 9.80. The van der Waals surface area contributed by atoms with Crippen LogP contribution in [-0.2, 0) is 17.9 Å². The van der Waals surface area contributed by atoms with Gasteiger partial charge in [-0.1, -0.05) is 29.3 Å². The Labute approximate surface area is 182 Å². The summed E-state index contributed by atoms with van der Waals surface area (Å²) in [5.41, 5.74) is 3.17. The highest BCUT2D eigenvalue weighted by atomic mass is 35.5. The van der Waals surface area contributed by atoms with Gasteiger partial charge >= 0.3 is 5.69 Å². The lowest BCUT2D eigenvalue weighted by molar-refractivity contribution is -0.386. The lowest BCUT2D eigenvalue weighted by Crippen LogP contribution is -2.21. The van der Waals surface area contributed by atoms with Crippen LogP contribution < -0.4 is 5.32 Å². The minimum atomic E-state index is -0.496. The first kappa shape index (κ1) is 21.8. The molecule has 0 aliphatic heterocycles. The summed E-state index contributed by atoms with van der Waals surface area (Å²) in [4.78, 5) is 23.2. The highest BCUT2D eigenvalue weighted by Crippen LogP contribution is 2.28. The van der Waals surface area contributed by atoms with Crippen LogP contribution in [0.3, 0.4) is 0 Å². The van der Waals surface area contributed by atoms with E-state index < -0.39 is 4.92 Å². The van der Waals surface area contributed by atoms with Crippen molar-refractivity contribution in [3.63, 3.8) is 0 Å². The predicted octanol–water partition coefficient (Wildman–Crippen LogP) is 4.22. The number of nitrogens with zero attached hydrogens (tertiary/aromatic N) is 5. The van der Waals surface area contributed by atoms with E-state index in [9.17, 15) is 14.9 Å². The summed E-state index contributed by atoms with van der Waals surface area (Å²) in [5, 5.41) is 23.6. The first-order valence-electron chi connectivity index (χ1n) is 9.05. The Hall–Kier alpha value is -2.91. The molecule has 0 saturated carbocycles. The molecule has 0 aliphatic rings. The number of carbonyl (C=O) groups is 1. The fourth-order valence-electron chi connectivity index (χ4n) is 3.29. The van der Waals surface area contributed by atoms with Crippen LogP contribution in [0.25, 0.3) is 0 Å². The summed E-state index contributed by atoms with van der Waals surface area (Å²) < 4.78 is 3.04. The largest absolute Gasteiger partial charge is 0.321 e. The Kier molecular flexibility index (Phi) is 6.14. The van der Waals surface area contributed by atoms with E-state index in [4.69, 9.17) is 23.2 Å². The number of hydrogen-bond donors (Lipinski definition) is 1. The summed E-state index contributed by atoms with van der Waals surface area (Å²) in [6.07, 6.45) is 0. The number of carbonyl (C=O) groups excluding carboxylic acids is 1. The van der Waals surface area contributed by atoms with E-state index in [0.717, 1.165) is 11.3 Å². The van der Waals surface area contributed by atoms with Crippen molar-refractivity contribution in [1.82, 2.24) is 19.6 Å². The molecule has 3 rings (SSSR count). The van der Waals surface area contributed by atoms with Crippen LogP contribution in [0.15, 0.2) is 18.2 Å². The van der Waals surface area contributed by atoms with Gasteiger partial charge in [-0.15, -0.1) is 0 Å². The van der Waals surface area contributed by atoms with Crippen molar-refractivity contribution in [1.29, 1.82) is 0 Å². The predicted molar refractivity (Wildman–Crippen MR) is 114 cm³/mol. The third-order valence-corrected chi connectivity index (χ3v) is 5.54. The van der Waals surface area contributed by atoms with E-state index in [2.05, 4.69) is 15.5 Å². The lowest BCUT2D eigenvalue weighted by atomic mass is 10.2. The Bertz CT molecular complexity index is 1130. The van der Waals surface area contributed by atoms with Crippen LogP contribution in [0.2, 0.25) is 10.0 Å². The van der Waals surface area contributed by atoms with Gasteiger partial charge in [0, 0.05) is 15.6 Å². The number of nitrogens with one attached hydrogen (secondary N) is 1. The quantitative estimate of drug-likeness (QED) is 0.446. The van der Waals surface area contributed by atoms with Gasteiger partial charge in [0.1, 0.15) is 17.9 Å². The summed E-state index contributed by atoms with van der Waals surface area (Å²) in [7, 11) is 0. The summed E-state index contributed by atoms with van der Waals surface area (Å²) in [6, 6.07) is 5.28. The average Bonchev–Trinajstić information content (AvgIpc) is 3.08. The van der Waals surface area contributed by atoms with Crippen LogP contribution in [0.4, 0.5) is 11.4 Å². The second-order valence-electron chi connectivity index (χ2n) is 6.89. The topological polar surface area (TPSA) is 108 Å². The molecular weight excluding hydrogens is 431 g/mol. The molecule has 0 bridgehead atoms. The summed E-state index contributed by atoms with van der Waals surface area (Å²) >= 11 is 12.5. The van der Waals surface area contributed by atoms with Crippen LogP contribution in [0, 0.1) is 37.8 Å². The molecule has 158 valence electrons. The second kappa shape index (κ2) is 8.45. The minimum Gasteiger partial charge on any atom is -0.321 e. The van der Waals surface area contributed by atoms with Crippen molar-refractivity contribution >= 4 is 40.5 Å². The molecule has 0 spiro atoms. The molecule has 1 aromatic carbocycles. The van der Waals surface area contributed by atoms with Gasteiger partial charge in [0.05, 0.1) is 28.5 Å². The zero-order valence-corrected chi connectivity index (χ0v) is 18.4. The fraction of sp³-hybridized carbons (Fsp3) is 0.316. The van der Waals surface area contributed by atoms with Crippen LogP contribution in [-0.4, -0.2) is 30.4 Å². The van der Waals surface area contributed by atoms with E-state index in [1.54, 1.807) is 36.7 Å². The maximum atomic E-state index is 12.6. The van der Waals surface area contributed by atoms with Crippen molar-refractivity contribution in [2.45, 2.75) is 40.8 Å². The van der Waals surface area contributed by atoms with Gasteiger partial charge in [-0.05, 0) is 39.8 Å². The monoisotopic (exact) mass is 450 g/mol. The average molecular weight is 451 g/mol. The van der Waals surface area contributed by atoms with Crippen molar-refractivity contribution < 1.29 is 9.72 Å². The highest BCUT2D eigenvalue weighted by Gasteiger charge is 2.23. The number of hydrogen-bond acceptors (Lipinski definition) is 5. The highest BCUT2D eigenvalue weighted by molar-refractivity contribution is 6.35. The molecule has 3 aromatic rings. The molecule has 11 heteroatoms. The molecule has 2 heterocycles. The van der Waals surface area contributed by atoms with Gasteiger partial charge in [0.25, 0.3) is 0 Å². The Morgan fingerprint density at radius 3 is 2.23 bits per heavy atom. The van der Waals surface area contributed by atoms with Crippen molar-refractivity contribution in [2.24, 2.45) is 0 Å². The number of benzene rings is 1. The maximum absolute atomic E-state index is 12.6. The fourth-order valence-corrected chi connectivity index (χ4v) is 3.80. The number of amides is 1. The van der Waals surface area contributed by atoms with Gasteiger partial charge in [0.2, 0.25) is 5.91 Å². The zero-order chi connectivity index (χ0) is 22.2. The van der Waals surface area contributed by atoms with E-state index in [1.165, 1.54) is 11.6 Å². The number of halogens is 2. The SMILES string of the molecule is Cc1nn(Cc2c(Cl)cccc2Cl)c(C)c1NC(=O)Cn1nc(C)c([N+](=O)[O-])c1C. The van der Waals surface area contributed by atoms with E-state index in [1.807, 2.05) is 6.92 Å². The molecule has 0 atom stereocenters. The third-order valence-electron chi connectivity index (χ3n) is 4.83. The molecule has 0 fully saturated rings. The third kappa shape index (κ3) is 4.17. The summed E-state index contributed by atoms with van der Waals surface area (Å²) in [5.74, 6) is -0.364. The van der Waals surface area contributed by atoms with Gasteiger partial charge in [-0.3, -0.25) is 24.3 Å². The minimum absolute atomic E-state index is 0.0837. The maximum Gasteiger partial charge on any atom is 0.312 e. The standard InChI is InChI=1S/C19H20Cl2N6O3/c1-10-18(12(3)25(23-10)8-14-15(20)6-5-7-16(14)21)22-17(28)9-26-13(4)19(27(29)30)11(2)24-26/h5-7H,8-9H2,1-4H3,(H,22,28). The van der Waals surface area contributed by atoms with Crippen LogP contribution in [0.1, 0.15) is 28.3 Å². The van der Waals surface area contributed by atoms with Crippen molar-refractivity contribution in [3.8, 4) is 0 Å². The molecule has 2 aromatic heterocycles. The van der Waals surface area contributed by atoms with E-state index >= 15 is 0 Å².